The van der Waals surface area contributed by atoms with Crippen molar-refractivity contribution in [1.82, 2.24) is 0 Å². The zero-order valence-electron chi connectivity index (χ0n) is 16.9. The van der Waals surface area contributed by atoms with Crippen LogP contribution in [0.4, 0.5) is 0 Å². The summed E-state index contributed by atoms with van der Waals surface area (Å²) in [5, 5.41) is 79.6. The van der Waals surface area contributed by atoms with Gasteiger partial charge in [-0.1, -0.05) is 0 Å². The van der Waals surface area contributed by atoms with Gasteiger partial charge in [-0.25, -0.2) is 0 Å². The number of aliphatic hydroxyl groups excluding tert-OH is 3. The molecule has 1 fully saturated rings. The molecule has 0 amide bonds. The summed E-state index contributed by atoms with van der Waals surface area (Å²) in [5.41, 5.74) is -1.71. The van der Waals surface area contributed by atoms with Crippen LogP contribution in [-0.2, 0) is 4.74 Å². The Hall–Kier alpha value is -3.71. The van der Waals surface area contributed by atoms with Gasteiger partial charge in [0.25, 0.3) is 0 Å². The van der Waals surface area contributed by atoms with Gasteiger partial charge in [0.2, 0.25) is 23.2 Å². The van der Waals surface area contributed by atoms with E-state index in [1.807, 2.05) is 0 Å². The minimum atomic E-state index is -1.77. The smallest absolute Gasteiger partial charge is 0.238 e. The molecule has 4 rings (SSSR count). The third kappa shape index (κ3) is 3.64. The van der Waals surface area contributed by atoms with Gasteiger partial charge in [0.1, 0.15) is 29.4 Å². The molecule has 176 valence electrons. The molecule has 0 bridgehead atoms. The quantitative estimate of drug-likeness (QED) is 0.244. The molecule has 0 radical (unpaired) electrons. The Morgan fingerprint density at radius 2 is 1.55 bits per heavy atom. The normalized spacial score (nSPS) is 25.3. The summed E-state index contributed by atoms with van der Waals surface area (Å²) in [6.07, 6.45) is -7.45. The van der Waals surface area contributed by atoms with Gasteiger partial charge in [-0.05, 0) is 25.1 Å². The third-order valence-corrected chi connectivity index (χ3v) is 5.34. The van der Waals surface area contributed by atoms with Gasteiger partial charge in [-0.2, -0.15) is 0 Å². The zero-order valence-corrected chi connectivity index (χ0v) is 16.9. The molecular formula is C21H20O12. The second kappa shape index (κ2) is 8.01. The summed E-state index contributed by atoms with van der Waals surface area (Å²) in [4.78, 5) is 12.8. The number of rotatable bonds is 3. The van der Waals surface area contributed by atoms with E-state index in [2.05, 4.69) is 0 Å². The average molecular weight is 464 g/mol. The van der Waals surface area contributed by atoms with Crippen molar-refractivity contribution >= 4 is 11.0 Å². The first-order valence-corrected chi connectivity index (χ1v) is 9.64. The number of benzene rings is 2. The number of phenols is 4. The van der Waals surface area contributed by atoms with E-state index in [4.69, 9.17) is 13.9 Å². The van der Waals surface area contributed by atoms with Crippen LogP contribution in [-0.4, -0.2) is 71.6 Å². The van der Waals surface area contributed by atoms with E-state index < -0.39 is 87.4 Å². The topological polar surface area (TPSA) is 211 Å². The summed E-state index contributed by atoms with van der Waals surface area (Å²) in [6, 6.07) is 4.03. The van der Waals surface area contributed by atoms with Crippen LogP contribution in [0.1, 0.15) is 6.92 Å². The SMILES string of the molecule is CC1OC(Oc2c(O)cc(O)c3c(=O)c(O)c(-c4ccc(O)c(O)c4)oc23)C(O)C(O)C1O. The van der Waals surface area contributed by atoms with Crippen LogP contribution in [0.3, 0.4) is 0 Å². The lowest BCUT2D eigenvalue weighted by Gasteiger charge is -2.38. The van der Waals surface area contributed by atoms with Crippen LogP contribution in [0.2, 0.25) is 0 Å². The Morgan fingerprint density at radius 3 is 2.21 bits per heavy atom. The van der Waals surface area contributed by atoms with Gasteiger partial charge in [-0.15, -0.1) is 0 Å². The molecule has 1 aliphatic rings. The lowest BCUT2D eigenvalue weighted by molar-refractivity contribution is -0.268. The molecule has 8 N–H and O–H groups in total. The van der Waals surface area contributed by atoms with Crippen molar-refractivity contribution in [2.24, 2.45) is 0 Å². The maximum Gasteiger partial charge on any atom is 0.238 e. The van der Waals surface area contributed by atoms with E-state index in [0.717, 1.165) is 18.2 Å². The molecule has 5 unspecified atom stereocenters. The highest BCUT2D eigenvalue weighted by molar-refractivity contribution is 5.93. The van der Waals surface area contributed by atoms with E-state index in [1.54, 1.807) is 0 Å². The average Bonchev–Trinajstić information content (AvgIpc) is 2.76. The van der Waals surface area contributed by atoms with Crippen LogP contribution in [0, 0.1) is 0 Å². The van der Waals surface area contributed by atoms with Gasteiger partial charge in [0.05, 0.1) is 6.10 Å². The zero-order chi connectivity index (χ0) is 24.2. The van der Waals surface area contributed by atoms with Crippen molar-refractivity contribution in [3.05, 3.63) is 34.5 Å². The lowest BCUT2D eigenvalue weighted by Crippen LogP contribution is -2.58. The first-order valence-electron chi connectivity index (χ1n) is 9.64. The van der Waals surface area contributed by atoms with Crippen molar-refractivity contribution in [3.63, 3.8) is 0 Å². The van der Waals surface area contributed by atoms with Crippen LogP contribution >= 0.6 is 0 Å². The number of hydrogen-bond donors (Lipinski definition) is 8. The fraction of sp³-hybridized carbons (Fsp3) is 0.286. The van der Waals surface area contributed by atoms with Crippen LogP contribution < -0.4 is 10.2 Å². The number of fused-ring (bicyclic) bond motifs is 1. The summed E-state index contributed by atoms with van der Waals surface area (Å²) in [6.45, 7) is 1.40. The van der Waals surface area contributed by atoms with Gasteiger partial charge in [0.15, 0.2) is 28.6 Å². The maximum atomic E-state index is 12.8. The highest BCUT2D eigenvalue weighted by Crippen LogP contribution is 2.44. The van der Waals surface area contributed by atoms with Crippen molar-refractivity contribution in [3.8, 4) is 45.8 Å². The van der Waals surface area contributed by atoms with Crippen LogP contribution in [0.15, 0.2) is 33.5 Å². The largest absolute Gasteiger partial charge is 0.507 e. The van der Waals surface area contributed by atoms with Crippen LogP contribution in [0.5, 0.6) is 34.5 Å². The summed E-state index contributed by atoms with van der Waals surface area (Å²) in [5.74, 6) is -4.56. The van der Waals surface area contributed by atoms with Crippen molar-refractivity contribution in [1.29, 1.82) is 0 Å². The van der Waals surface area contributed by atoms with E-state index in [9.17, 15) is 45.6 Å². The maximum absolute atomic E-state index is 12.8. The summed E-state index contributed by atoms with van der Waals surface area (Å²) in [7, 11) is 0. The molecule has 2 aromatic carbocycles. The second-order valence-corrected chi connectivity index (χ2v) is 7.56. The molecule has 3 aromatic rings. The monoisotopic (exact) mass is 464 g/mol. The van der Waals surface area contributed by atoms with E-state index in [1.165, 1.54) is 13.0 Å². The highest BCUT2D eigenvalue weighted by Gasteiger charge is 2.44. The van der Waals surface area contributed by atoms with Crippen LogP contribution in [0.25, 0.3) is 22.3 Å². The van der Waals surface area contributed by atoms with Crippen molar-refractivity contribution in [2.75, 3.05) is 0 Å². The Bertz CT molecular complexity index is 1280. The first kappa shape index (κ1) is 22.5. The van der Waals surface area contributed by atoms with Crippen molar-refractivity contribution < 1.29 is 54.7 Å². The molecule has 1 saturated heterocycles. The predicted octanol–water partition coefficient (Wildman–Crippen LogP) is 0.194. The Labute approximate surface area is 184 Å². The molecule has 1 aliphatic heterocycles. The second-order valence-electron chi connectivity index (χ2n) is 7.56. The molecule has 2 heterocycles. The van der Waals surface area contributed by atoms with E-state index in [-0.39, 0.29) is 5.56 Å². The molecule has 5 atom stereocenters. The minimum Gasteiger partial charge on any atom is -0.507 e. The summed E-state index contributed by atoms with van der Waals surface area (Å²) < 4.78 is 16.4. The van der Waals surface area contributed by atoms with Gasteiger partial charge < -0.3 is 54.7 Å². The molecular weight excluding hydrogens is 444 g/mol. The minimum absolute atomic E-state index is 0.0447. The number of aliphatic hydroxyl groups is 3. The lowest BCUT2D eigenvalue weighted by atomic mass is 10.00. The fourth-order valence-corrected chi connectivity index (χ4v) is 3.50. The first-order chi connectivity index (χ1) is 15.5. The Balaban J connectivity index is 1.91. The third-order valence-electron chi connectivity index (χ3n) is 5.34. The Kier molecular flexibility index (Phi) is 5.46. The molecule has 0 aliphatic carbocycles. The molecule has 0 saturated carbocycles. The fourth-order valence-electron chi connectivity index (χ4n) is 3.50. The molecule has 1 aromatic heterocycles. The number of phenolic OH excluding ortho intramolecular Hbond substituents is 4. The standard InChI is InChI=1S/C21H20O12/c1-6-13(26)15(28)17(30)21(31-6)33-19-11(25)5-10(24)12-14(27)16(29)18(32-20(12)19)7-2-3-8(22)9(23)4-7/h2-6,13,15,17,21-26,28-30H,1H3. The number of aromatic hydroxyl groups is 5. The summed E-state index contributed by atoms with van der Waals surface area (Å²) >= 11 is 0. The molecule has 12 nitrogen and oxygen atoms in total. The van der Waals surface area contributed by atoms with E-state index in [0.29, 0.717) is 0 Å². The highest BCUT2D eigenvalue weighted by atomic mass is 16.7. The number of hydrogen-bond acceptors (Lipinski definition) is 12. The molecule has 0 spiro atoms. The van der Waals surface area contributed by atoms with Gasteiger partial charge in [-0.3, -0.25) is 4.79 Å². The van der Waals surface area contributed by atoms with Gasteiger partial charge in [0, 0.05) is 11.6 Å². The van der Waals surface area contributed by atoms with Crippen molar-refractivity contribution in [2.45, 2.75) is 37.6 Å². The number of ether oxygens (including phenoxy) is 2. The Morgan fingerprint density at radius 1 is 0.848 bits per heavy atom. The molecule has 33 heavy (non-hydrogen) atoms. The van der Waals surface area contributed by atoms with Gasteiger partial charge >= 0.3 is 0 Å². The molecule has 12 heteroatoms. The van der Waals surface area contributed by atoms with E-state index >= 15 is 0 Å². The predicted molar refractivity (Wildman–Crippen MR) is 109 cm³/mol.